The summed E-state index contributed by atoms with van der Waals surface area (Å²) in [4.78, 5) is 37.1. The molecule has 7 heteroatoms. The number of nitrogens with one attached hydrogen (secondary N) is 1. The smallest absolute Gasteiger partial charge is 0.251 e. The normalized spacial score (nSPS) is 19.0. The van der Waals surface area contributed by atoms with Crippen molar-refractivity contribution in [2.45, 2.75) is 25.3 Å². The van der Waals surface area contributed by atoms with Gasteiger partial charge in [-0.3, -0.25) is 14.6 Å². The van der Waals surface area contributed by atoms with Crippen molar-refractivity contribution in [3.63, 3.8) is 0 Å². The average Bonchev–Trinajstić information content (AvgIpc) is 3.48. The van der Waals surface area contributed by atoms with Crippen LogP contribution in [-0.2, 0) is 4.79 Å². The maximum atomic E-state index is 12.5. The van der Waals surface area contributed by atoms with Crippen LogP contribution in [0.25, 0.3) is 11.3 Å². The summed E-state index contributed by atoms with van der Waals surface area (Å²) in [7, 11) is 3.84. The van der Waals surface area contributed by atoms with Crippen molar-refractivity contribution in [3.8, 4) is 11.3 Å². The molecule has 1 aliphatic heterocycles. The SMILES string of the molecule is CN(C)c1cncc(-c2ccc(C(=O)NC[C@H]3CC(=O)N(C4CC4)C3)cc2)n1. The lowest BCUT2D eigenvalue weighted by Gasteiger charge is -2.15. The number of hydrogen-bond acceptors (Lipinski definition) is 5. The topological polar surface area (TPSA) is 78.4 Å². The molecular weight excluding hydrogens is 354 g/mol. The highest BCUT2D eigenvalue weighted by Crippen LogP contribution is 2.32. The molecule has 1 aliphatic carbocycles. The molecule has 0 unspecified atom stereocenters. The molecular formula is C21H25N5O2. The number of anilines is 1. The van der Waals surface area contributed by atoms with E-state index in [-0.39, 0.29) is 17.7 Å². The van der Waals surface area contributed by atoms with Gasteiger partial charge >= 0.3 is 0 Å². The minimum atomic E-state index is -0.114. The van der Waals surface area contributed by atoms with E-state index in [1.165, 1.54) is 0 Å². The lowest BCUT2D eigenvalue weighted by molar-refractivity contribution is -0.128. The van der Waals surface area contributed by atoms with Crippen LogP contribution < -0.4 is 10.2 Å². The summed E-state index contributed by atoms with van der Waals surface area (Å²) in [5.74, 6) is 1.11. The lowest BCUT2D eigenvalue weighted by atomic mass is 10.1. The Morgan fingerprint density at radius 3 is 2.64 bits per heavy atom. The number of likely N-dealkylation sites (tertiary alicyclic amines) is 1. The first-order valence-electron chi connectivity index (χ1n) is 9.68. The van der Waals surface area contributed by atoms with E-state index < -0.39 is 0 Å². The minimum Gasteiger partial charge on any atom is -0.361 e. The molecule has 2 fully saturated rings. The van der Waals surface area contributed by atoms with Crippen LogP contribution in [0.3, 0.4) is 0 Å². The Bertz CT molecular complexity index is 877. The number of carbonyl (C=O) groups is 2. The van der Waals surface area contributed by atoms with E-state index >= 15 is 0 Å². The molecule has 1 aromatic heterocycles. The highest BCUT2D eigenvalue weighted by atomic mass is 16.2. The van der Waals surface area contributed by atoms with E-state index in [1.54, 1.807) is 24.5 Å². The van der Waals surface area contributed by atoms with E-state index in [2.05, 4.69) is 15.3 Å². The first-order chi connectivity index (χ1) is 13.5. The molecule has 2 amide bonds. The summed E-state index contributed by atoms with van der Waals surface area (Å²) in [5, 5.41) is 2.97. The van der Waals surface area contributed by atoms with Crippen molar-refractivity contribution < 1.29 is 9.59 Å². The molecule has 2 aromatic rings. The van der Waals surface area contributed by atoms with Crippen LogP contribution in [0.15, 0.2) is 36.7 Å². The van der Waals surface area contributed by atoms with Crippen molar-refractivity contribution in [1.29, 1.82) is 0 Å². The average molecular weight is 379 g/mol. The van der Waals surface area contributed by atoms with Gasteiger partial charge in [-0.1, -0.05) is 12.1 Å². The van der Waals surface area contributed by atoms with Gasteiger partial charge < -0.3 is 15.1 Å². The second-order valence-electron chi connectivity index (χ2n) is 7.79. The Morgan fingerprint density at radius 1 is 1.21 bits per heavy atom. The van der Waals surface area contributed by atoms with Crippen LogP contribution in [0.5, 0.6) is 0 Å². The molecule has 2 aliphatic rings. The zero-order chi connectivity index (χ0) is 19.7. The van der Waals surface area contributed by atoms with Gasteiger partial charge in [0.2, 0.25) is 5.91 Å². The van der Waals surface area contributed by atoms with Crippen LogP contribution in [0.2, 0.25) is 0 Å². The molecule has 0 radical (unpaired) electrons. The fourth-order valence-electron chi connectivity index (χ4n) is 3.53. The zero-order valence-electron chi connectivity index (χ0n) is 16.3. The van der Waals surface area contributed by atoms with Gasteiger partial charge in [-0.15, -0.1) is 0 Å². The minimum absolute atomic E-state index is 0.114. The molecule has 1 atom stereocenters. The molecule has 4 rings (SSSR count). The van der Waals surface area contributed by atoms with Gasteiger partial charge in [0.05, 0.1) is 18.1 Å². The summed E-state index contributed by atoms with van der Waals surface area (Å²) in [5.41, 5.74) is 2.28. The fraction of sp³-hybridized carbons (Fsp3) is 0.429. The van der Waals surface area contributed by atoms with Crippen molar-refractivity contribution in [1.82, 2.24) is 20.2 Å². The summed E-state index contributed by atoms with van der Waals surface area (Å²) in [6, 6.07) is 7.81. The summed E-state index contributed by atoms with van der Waals surface area (Å²) in [6.07, 6.45) is 6.21. The largest absolute Gasteiger partial charge is 0.361 e. The van der Waals surface area contributed by atoms with Gasteiger partial charge in [0.15, 0.2) is 0 Å². The van der Waals surface area contributed by atoms with Gasteiger partial charge in [-0.05, 0) is 25.0 Å². The van der Waals surface area contributed by atoms with E-state index in [1.807, 2.05) is 36.0 Å². The number of nitrogens with zero attached hydrogens (tertiary/aromatic N) is 4. The molecule has 1 saturated carbocycles. The highest BCUT2D eigenvalue weighted by Gasteiger charge is 2.39. The fourth-order valence-corrected chi connectivity index (χ4v) is 3.53. The van der Waals surface area contributed by atoms with E-state index in [4.69, 9.17) is 0 Å². The Hall–Kier alpha value is -2.96. The predicted molar refractivity (Wildman–Crippen MR) is 107 cm³/mol. The third-order valence-electron chi connectivity index (χ3n) is 5.30. The molecule has 1 saturated heterocycles. The van der Waals surface area contributed by atoms with Crippen LogP contribution in [0, 0.1) is 5.92 Å². The molecule has 1 N–H and O–H groups in total. The summed E-state index contributed by atoms with van der Waals surface area (Å²) < 4.78 is 0. The maximum Gasteiger partial charge on any atom is 0.251 e. The summed E-state index contributed by atoms with van der Waals surface area (Å²) in [6.45, 7) is 1.30. The second-order valence-corrected chi connectivity index (χ2v) is 7.79. The van der Waals surface area contributed by atoms with Crippen molar-refractivity contribution in [2.75, 3.05) is 32.1 Å². The number of carbonyl (C=O) groups excluding carboxylic acids is 2. The standard InChI is InChI=1S/C21H25N5O2/c1-25(2)19-12-22-11-18(24-19)15-3-5-16(6-4-15)21(28)23-10-14-9-20(27)26(13-14)17-7-8-17/h3-6,11-12,14,17H,7-10,13H2,1-2H3,(H,23,28)/t14-/m1/s1. The maximum absolute atomic E-state index is 12.5. The number of amides is 2. The Labute approximate surface area is 164 Å². The molecule has 0 spiro atoms. The van der Waals surface area contributed by atoms with Crippen LogP contribution in [0.4, 0.5) is 5.82 Å². The Kier molecular flexibility index (Phi) is 4.98. The first kappa shape index (κ1) is 18.4. The van der Waals surface area contributed by atoms with Gasteiger partial charge in [-0.2, -0.15) is 0 Å². The molecule has 146 valence electrons. The number of hydrogen-bond donors (Lipinski definition) is 1. The van der Waals surface area contributed by atoms with Crippen molar-refractivity contribution in [3.05, 3.63) is 42.2 Å². The van der Waals surface area contributed by atoms with Crippen LogP contribution in [0.1, 0.15) is 29.6 Å². The quantitative estimate of drug-likeness (QED) is 0.830. The predicted octanol–water partition coefficient (Wildman–Crippen LogP) is 1.95. The van der Waals surface area contributed by atoms with Gasteiger partial charge in [0.25, 0.3) is 5.91 Å². The summed E-state index contributed by atoms with van der Waals surface area (Å²) >= 11 is 0. The van der Waals surface area contributed by atoms with Gasteiger partial charge in [0.1, 0.15) is 5.82 Å². The van der Waals surface area contributed by atoms with Gasteiger partial charge in [0, 0.05) is 56.7 Å². The molecule has 0 bridgehead atoms. The van der Waals surface area contributed by atoms with E-state index in [0.717, 1.165) is 36.5 Å². The highest BCUT2D eigenvalue weighted by molar-refractivity contribution is 5.94. The van der Waals surface area contributed by atoms with Crippen molar-refractivity contribution in [2.24, 2.45) is 5.92 Å². The number of rotatable bonds is 6. The third-order valence-corrected chi connectivity index (χ3v) is 5.30. The lowest BCUT2D eigenvalue weighted by Crippen LogP contribution is -2.32. The molecule has 28 heavy (non-hydrogen) atoms. The Morgan fingerprint density at radius 2 is 1.96 bits per heavy atom. The second kappa shape index (κ2) is 7.58. The van der Waals surface area contributed by atoms with Crippen LogP contribution in [-0.4, -0.2) is 59.9 Å². The monoisotopic (exact) mass is 379 g/mol. The van der Waals surface area contributed by atoms with E-state index in [0.29, 0.717) is 24.6 Å². The van der Waals surface area contributed by atoms with E-state index in [9.17, 15) is 9.59 Å². The molecule has 1 aromatic carbocycles. The number of benzene rings is 1. The molecule has 7 nitrogen and oxygen atoms in total. The van der Waals surface area contributed by atoms with Crippen molar-refractivity contribution >= 4 is 17.6 Å². The molecule has 2 heterocycles. The first-order valence-corrected chi connectivity index (χ1v) is 9.68. The Balaban J connectivity index is 1.35. The van der Waals surface area contributed by atoms with Gasteiger partial charge in [-0.25, -0.2) is 4.98 Å². The zero-order valence-corrected chi connectivity index (χ0v) is 16.3. The number of aromatic nitrogens is 2. The van der Waals surface area contributed by atoms with Crippen LogP contribution >= 0.6 is 0 Å². The third kappa shape index (κ3) is 3.98.